The topological polar surface area (TPSA) is 63.1 Å². The fourth-order valence-corrected chi connectivity index (χ4v) is 4.60. The number of hydrogen-bond acceptors (Lipinski definition) is 5. The first-order valence-electron chi connectivity index (χ1n) is 9.45. The summed E-state index contributed by atoms with van der Waals surface area (Å²) in [6.07, 6.45) is 2.21. The molecule has 1 fully saturated rings. The number of nitrogens with zero attached hydrogens (tertiary/aromatic N) is 4. The summed E-state index contributed by atoms with van der Waals surface area (Å²) in [5.41, 5.74) is 3.24. The molecule has 3 aromatic rings. The number of aromatic nitrogens is 3. The molecule has 0 spiro atoms. The van der Waals surface area contributed by atoms with Gasteiger partial charge in [0.25, 0.3) is 0 Å². The van der Waals surface area contributed by atoms with Crippen molar-refractivity contribution in [3.63, 3.8) is 0 Å². The molecule has 1 aromatic carbocycles. The van der Waals surface area contributed by atoms with Crippen LogP contribution in [0.15, 0.2) is 30.3 Å². The lowest BCUT2D eigenvalue weighted by molar-refractivity contribution is -0.117. The number of para-hydroxylation sites is 1. The molecule has 142 valence electrons. The molecule has 1 saturated heterocycles. The number of carbonyl (C=O) groups is 1. The lowest BCUT2D eigenvalue weighted by Crippen LogP contribution is -2.40. The predicted octanol–water partition coefficient (Wildman–Crippen LogP) is 3.46. The molecule has 0 radical (unpaired) electrons. The van der Waals surface area contributed by atoms with Crippen LogP contribution in [0, 0.1) is 19.8 Å². The minimum absolute atomic E-state index is 0.0195. The third kappa shape index (κ3) is 4.36. The third-order valence-electron chi connectivity index (χ3n) is 5.15. The highest BCUT2D eigenvalue weighted by Crippen LogP contribution is 2.25. The van der Waals surface area contributed by atoms with Crippen molar-refractivity contribution in [2.45, 2.75) is 33.2 Å². The van der Waals surface area contributed by atoms with Crippen LogP contribution in [0.1, 0.15) is 24.2 Å². The van der Waals surface area contributed by atoms with E-state index in [2.05, 4.69) is 38.0 Å². The molecule has 7 heteroatoms. The van der Waals surface area contributed by atoms with Gasteiger partial charge >= 0.3 is 0 Å². The zero-order chi connectivity index (χ0) is 18.8. The Kier molecular flexibility index (Phi) is 5.22. The summed E-state index contributed by atoms with van der Waals surface area (Å²) < 4.78 is 3.22. The Morgan fingerprint density at radius 1 is 1.26 bits per heavy atom. The second-order valence-electron chi connectivity index (χ2n) is 7.36. The van der Waals surface area contributed by atoms with E-state index in [1.165, 1.54) is 17.0 Å². The maximum atomic E-state index is 12.4. The van der Waals surface area contributed by atoms with E-state index in [1.54, 1.807) is 0 Å². The van der Waals surface area contributed by atoms with Crippen LogP contribution in [0.5, 0.6) is 0 Å². The number of nitrogens with one attached hydrogen (secondary N) is 1. The van der Waals surface area contributed by atoms with E-state index in [0.29, 0.717) is 17.6 Å². The Bertz CT molecular complexity index is 906. The van der Waals surface area contributed by atoms with Crippen LogP contribution in [0.4, 0.5) is 5.13 Å². The smallest absolute Gasteiger partial charge is 0.240 e. The van der Waals surface area contributed by atoms with Gasteiger partial charge < -0.3 is 5.32 Å². The van der Waals surface area contributed by atoms with Crippen LogP contribution >= 0.6 is 11.3 Å². The predicted molar refractivity (Wildman–Crippen MR) is 109 cm³/mol. The quantitative estimate of drug-likeness (QED) is 0.733. The van der Waals surface area contributed by atoms with Gasteiger partial charge in [0, 0.05) is 12.2 Å². The van der Waals surface area contributed by atoms with E-state index < -0.39 is 0 Å². The van der Waals surface area contributed by atoms with Gasteiger partial charge in [0.2, 0.25) is 5.91 Å². The normalized spacial score (nSPS) is 16.1. The number of aryl methyl sites for hydroxylation is 2. The number of amides is 1. The van der Waals surface area contributed by atoms with Gasteiger partial charge in [-0.15, -0.1) is 0 Å². The number of benzene rings is 1. The van der Waals surface area contributed by atoms with Crippen LogP contribution in [0.3, 0.4) is 0 Å². The molecular formula is C20H25N5OS. The number of hydrogen-bond donors (Lipinski definition) is 1. The van der Waals surface area contributed by atoms with E-state index in [0.717, 1.165) is 48.4 Å². The number of piperidine rings is 1. The van der Waals surface area contributed by atoms with Crippen molar-refractivity contribution in [3.8, 4) is 0 Å². The number of carbonyl (C=O) groups excluding carboxylic acids is 1. The third-order valence-corrected chi connectivity index (χ3v) is 6.10. The number of fused-ring (bicyclic) bond motifs is 1. The molecule has 4 rings (SSSR count). The number of thiazole rings is 1. The average Bonchev–Trinajstić information content (AvgIpc) is 3.18. The molecule has 1 amide bonds. The Labute approximate surface area is 163 Å². The molecule has 1 N–H and O–H groups in total. The van der Waals surface area contributed by atoms with Crippen LogP contribution in [-0.2, 0) is 11.3 Å². The molecule has 0 atom stereocenters. The molecule has 0 aliphatic carbocycles. The van der Waals surface area contributed by atoms with Gasteiger partial charge in [0.1, 0.15) is 0 Å². The van der Waals surface area contributed by atoms with Gasteiger partial charge in [-0.25, -0.2) is 4.98 Å². The van der Waals surface area contributed by atoms with Gasteiger partial charge in [-0.2, -0.15) is 5.10 Å². The fourth-order valence-electron chi connectivity index (χ4n) is 3.72. The van der Waals surface area contributed by atoms with Crippen molar-refractivity contribution in [2.75, 3.05) is 25.0 Å². The molecule has 1 aliphatic rings. The van der Waals surface area contributed by atoms with Crippen LogP contribution in [0.2, 0.25) is 0 Å². The van der Waals surface area contributed by atoms with Crippen LogP contribution in [0.25, 0.3) is 10.2 Å². The van der Waals surface area contributed by atoms with Crippen molar-refractivity contribution in [2.24, 2.45) is 5.92 Å². The first-order valence-corrected chi connectivity index (χ1v) is 10.3. The number of rotatable bonds is 5. The Hall–Kier alpha value is -2.25. The minimum atomic E-state index is 0.0195. The van der Waals surface area contributed by atoms with Gasteiger partial charge in [0.05, 0.1) is 22.5 Å². The van der Waals surface area contributed by atoms with E-state index in [-0.39, 0.29) is 5.91 Å². The zero-order valence-corrected chi connectivity index (χ0v) is 16.6. The SMILES string of the molecule is Cc1cc(C)n(CC2CCN(CC(=O)Nc3nc4ccccc4s3)CC2)n1. The summed E-state index contributed by atoms with van der Waals surface area (Å²) >= 11 is 1.52. The summed E-state index contributed by atoms with van der Waals surface area (Å²) in [7, 11) is 0. The standard InChI is InChI=1S/C20H25N5OS/c1-14-11-15(2)25(23-14)12-16-7-9-24(10-8-16)13-19(26)22-20-21-17-5-3-4-6-18(17)27-20/h3-6,11,16H,7-10,12-13H2,1-2H3,(H,21,22,26). The molecule has 0 saturated carbocycles. The summed E-state index contributed by atoms with van der Waals surface area (Å²) in [4.78, 5) is 19.1. The number of likely N-dealkylation sites (tertiary alicyclic amines) is 1. The highest BCUT2D eigenvalue weighted by atomic mass is 32.1. The Morgan fingerprint density at radius 2 is 2.04 bits per heavy atom. The van der Waals surface area contributed by atoms with Crippen molar-refractivity contribution in [1.29, 1.82) is 0 Å². The van der Waals surface area contributed by atoms with Crippen molar-refractivity contribution >= 4 is 32.6 Å². The maximum absolute atomic E-state index is 12.4. The van der Waals surface area contributed by atoms with Gasteiger partial charge in [-0.05, 0) is 63.9 Å². The van der Waals surface area contributed by atoms with E-state index in [9.17, 15) is 4.79 Å². The summed E-state index contributed by atoms with van der Waals surface area (Å²) in [6.45, 7) is 7.47. The van der Waals surface area contributed by atoms with Crippen molar-refractivity contribution in [3.05, 3.63) is 41.7 Å². The molecular weight excluding hydrogens is 358 g/mol. The van der Waals surface area contributed by atoms with Crippen LogP contribution in [-0.4, -0.2) is 45.2 Å². The zero-order valence-electron chi connectivity index (χ0n) is 15.8. The highest BCUT2D eigenvalue weighted by Gasteiger charge is 2.22. The van der Waals surface area contributed by atoms with Gasteiger partial charge in [-0.1, -0.05) is 23.5 Å². The van der Waals surface area contributed by atoms with Gasteiger partial charge in [-0.3, -0.25) is 14.4 Å². The lowest BCUT2D eigenvalue weighted by Gasteiger charge is -2.31. The summed E-state index contributed by atoms with van der Waals surface area (Å²) in [5.74, 6) is 0.651. The second-order valence-corrected chi connectivity index (χ2v) is 8.39. The summed E-state index contributed by atoms with van der Waals surface area (Å²) in [5, 5.41) is 8.20. The molecule has 0 unspecified atom stereocenters. The summed E-state index contributed by atoms with van der Waals surface area (Å²) in [6, 6.07) is 10.1. The monoisotopic (exact) mass is 383 g/mol. The fraction of sp³-hybridized carbons (Fsp3) is 0.450. The number of anilines is 1. The minimum Gasteiger partial charge on any atom is -0.301 e. The van der Waals surface area contributed by atoms with E-state index in [1.807, 2.05) is 31.2 Å². The highest BCUT2D eigenvalue weighted by molar-refractivity contribution is 7.22. The Morgan fingerprint density at radius 3 is 2.74 bits per heavy atom. The lowest BCUT2D eigenvalue weighted by atomic mass is 9.97. The molecule has 27 heavy (non-hydrogen) atoms. The second kappa shape index (κ2) is 7.78. The molecule has 3 heterocycles. The van der Waals surface area contributed by atoms with E-state index in [4.69, 9.17) is 0 Å². The van der Waals surface area contributed by atoms with Gasteiger partial charge in [0.15, 0.2) is 5.13 Å². The first kappa shape index (κ1) is 18.1. The molecule has 0 bridgehead atoms. The van der Waals surface area contributed by atoms with Crippen molar-refractivity contribution < 1.29 is 4.79 Å². The van der Waals surface area contributed by atoms with Crippen LogP contribution < -0.4 is 5.32 Å². The van der Waals surface area contributed by atoms with E-state index >= 15 is 0 Å². The van der Waals surface area contributed by atoms with Crippen molar-refractivity contribution in [1.82, 2.24) is 19.7 Å². The Balaban J connectivity index is 1.26. The molecule has 1 aliphatic heterocycles. The first-order chi connectivity index (χ1) is 13.1. The molecule has 6 nitrogen and oxygen atoms in total. The molecule has 2 aromatic heterocycles. The maximum Gasteiger partial charge on any atom is 0.240 e. The largest absolute Gasteiger partial charge is 0.301 e. The average molecular weight is 384 g/mol.